The van der Waals surface area contributed by atoms with Gasteiger partial charge in [-0.3, -0.25) is 0 Å². The first-order valence-corrected chi connectivity index (χ1v) is 9.77. The third-order valence-corrected chi connectivity index (χ3v) is 5.60. The van der Waals surface area contributed by atoms with E-state index in [1.807, 2.05) is 25.1 Å². The number of nitrogen functional groups attached to an aromatic ring is 1. The van der Waals surface area contributed by atoms with E-state index in [-0.39, 0.29) is 5.82 Å². The quantitative estimate of drug-likeness (QED) is 0.734. The Morgan fingerprint density at radius 3 is 2.82 bits per heavy atom. The molecule has 0 aliphatic carbocycles. The number of pyridine rings is 1. The zero-order valence-electron chi connectivity index (χ0n) is 16.7. The minimum atomic E-state index is -0.194. The molecule has 0 amide bonds. The van der Waals surface area contributed by atoms with Gasteiger partial charge >= 0.3 is 0 Å². The van der Waals surface area contributed by atoms with E-state index in [0.717, 1.165) is 53.6 Å². The first kappa shape index (κ1) is 18.7. The van der Waals surface area contributed by atoms with Gasteiger partial charge in [-0.05, 0) is 68.8 Å². The lowest BCUT2D eigenvalue weighted by Crippen LogP contribution is -2.25. The number of anilines is 2. The van der Waals surface area contributed by atoms with Gasteiger partial charge in [0.25, 0.3) is 0 Å². The van der Waals surface area contributed by atoms with Crippen LogP contribution in [0, 0.1) is 18.7 Å². The molecule has 1 aromatic heterocycles. The van der Waals surface area contributed by atoms with Crippen molar-refractivity contribution in [2.45, 2.75) is 13.3 Å². The molecule has 4 nitrogen and oxygen atoms in total. The van der Waals surface area contributed by atoms with Crippen LogP contribution in [0.1, 0.15) is 12.0 Å². The molecule has 2 heterocycles. The van der Waals surface area contributed by atoms with Crippen molar-refractivity contribution in [2.24, 2.45) is 5.92 Å². The molecule has 1 aliphatic heterocycles. The normalized spacial score (nSPS) is 17.0. The molecule has 0 spiro atoms. The SMILES string of the molecule is Cc1cccc(F)c1-c1cc(N2CCC(CN(C)C)C2)c2cc(N)ncc2c1. The molecular weight excluding hydrogens is 351 g/mol. The van der Waals surface area contributed by atoms with Crippen LogP contribution < -0.4 is 10.6 Å². The van der Waals surface area contributed by atoms with E-state index in [0.29, 0.717) is 17.3 Å². The lowest BCUT2D eigenvalue weighted by Gasteiger charge is -2.23. The van der Waals surface area contributed by atoms with E-state index in [1.54, 1.807) is 12.3 Å². The van der Waals surface area contributed by atoms with Gasteiger partial charge in [0.05, 0.1) is 0 Å². The fraction of sp³-hybridized carbons (Fsp3) is 0.348. The minimum Gasteiger partial charge on any atom is -0.384 e. The Balaban J connectivity index is 1.84. The molecule has 0 bridgehead atoms. The topological polar surface area (TPSA) is 45.4 Å². The van der Waals surface area contributed by atoms with Gasteiger partial charge in [-0.15, -0.1) is 0 Å². The molecule has 4 rings (SSSR count). The minimum absolute atomic E-state index is 0.194. The van der Waals surface area contributed by atoms with Gasteiger partial charge in [0.15, 0.2) is 0 Å². The number of halogens is 1. The van der Waals surface area contributed by atoms with Crippen molar-refractivity contribution in [1.29, 1.82) is 0 Å². The summed E-state index contributed by atoms with van der Waals surface area (Å²) in [5, 5.41) is 2.07. The van der Waals surface area contributed by atoms with Crippen LogP contribution >= 0.6 is 0 Å². The number of hydrogen-bond donors (Lipinski definition) is 1. The van der Waals surface area contributed by atoms with Crippen LogP contribution in [0.25, 0.3) is 21.9 Å². The molecule has 0 saturated carbocycles. The van der Waals surface area contributed by atoms with Crippen molar-refractivity contribution in [1.82, 2.24) is 9.88 Å². The highest BCUT2D eigenvalue weighted by Crippen LogP contribution is 2.37. The van der Waals surface area contributed by atoms with Crippen molar-refractivity contribution in [3.63, 3.8) is 0 Å². The molecule has 2 N–H and O–H groups in total. The van der Waals surface area contributed by atoms with Crippen LogP contribution in [-0.2, 0) is 0 Å². The summed E-state index contributed by atoms with van der Waals surface area (Å²) in [6.45, 7) is 5.02. The number of benzene rings is 2. The zero-order chi connectivity index (χ0) is 19.8. The highest BCUT2D eigenvalue weighted by Gasteiger charge is 2.25. The summed E-state index contributed by atoms with van der Waals surface area (Å²) in [6, 6.07) is 11.3. The van der Waals surface area contributed by atoms with Crippen LogP contribution in [0.3, 0.4) is 0 Å². The van der Waals surface area contributed by atoms with Crippen molar-refractivity contribution in [3.8, 4) is 11.1 Å². The summed E-state index contributed by atoms with van der Waals surface area (Å²) in [5.74, 6) is 0.941. The fourth-order valence-corrected chi connectivity index (χ4v) is 4.37. The largest absolute Gasteiger partial charge is 0.384 e. The second-order valence-corrected chi connectivity index (χ2v) is 8.12. The Hall–Kier alpha value is -2.66. The van der Waals surface area contributed by atoms with E-state index in [2.05, 4.69) is 34.9 Å². The molecular formula is C23H27FN4. The lowest BCUT2D eigenvalue weighted by molar-refractivity contribution is 0.340. The molecule has 28 heavy (non-hydrogen) atoms. The van der Waals surface area contributed by atoms with Crippen molar-refractivity contribution in [3.05, 3.63) is 54.0 Å². The highest BCUT2D eigenvalue weighted by molar-refractivity contribution is 5.99. The van der Waals surface area contributed by atoms with Crippen LogP contribution in [0.2, 0.25) is 0 Å². The van der Waals surface area contributed by atoms with E-state index in [4.69, 9.17) is 5.73 Å². The number of nitrogens with two attached hydrogens (primary N) is 1. The monoisotopic (exact) mass is 378 g/mol. The van der Waals surface area contributed by atoms with Gasteiger partial charge in [-0.1, -0.05) is 12.1 Å². The average Bonchev–Trinajstić information content (AvgIpc) is 3.08. The maximum absolute atomic E-state index is 14.7. The highest BCUT2D eigenvalue weighted by atomic mass is 19.1. The van der Waals surface area contributed by atoms with E-state index in [1.165, 1.54) is 6.07 Å². The van der Waals surface area contributed by atoms with Crippen molar-refractivity contribution in [2.75, 3.05) is 44.4 Å². The summed E-state index contributed by atoms with van der Waals surface area (Å²) >= 11 is 0. The Kier molecular flexibility index (Phi) is 4.94. The molecule has 1 unspecified atom stereocenters. The molecule has 0 radical (unpaired) electrons. The van der Waals surface area contributed by atoms with Crippen LogP contribution in [0.5, 0.6) is 0 Å². The Morgan fingerprint density at radius 2 is 2.07 bits per heavy atom. The molecule has 1 atom stereocenters. The van der Waals surface area contributed by atoms with E-state index >= 15 is 0 Å². The first-order valence-electron chi connectivity index (χ1n) is 9.77. The number of hydrogen-bond acceptors (Lipinski definition) is 4. The number of aryl methyl sites for hydroxylation is 1. The number of aromatic nitrogens is 1. The van der Waals surface area contributed by atoms with E-state index < -0.39 is 0 Å². The summed E-state index contributed by atoms with van der Waals surface area (Å²) < 4.78 is 14.7. The first-order chi connectivity index (χ1) is 13.4. The predicted octanol–water partition coefficient (Wildman–Crippen LogP) is 4.32. The second kappa shape index (κ2) is 7.40. The third-order valence-electron chi connectivity index (χ3n) is 5.60. The summed E-state index contributed by atoms with van der Waals surface area (Å²) in [4.78, 5) is 8.92. The smallest absolute Gasteiger partial charge is 0.131 e. The summed E-state index contributed by atoms with van der Waals surface area (Å²) in [5.41, 5.74) is 9.58. The van der Waals surface area contributed by atoms with Gasteiger partial charge in [-0.2, -0.15) is 0 Å². The van der Waals surface area contributed by atoms with Gasteiger partial charge < -0.3 is 15.5 Å². The standard InChI is InChI=1S/C23H27FN4/c1-15-5-4-6-20(24)23(15)17-9-18-12-26-22(25)11-19(18)21(10-17)28-8-7-16(14-28)13-27(2)3/h4-6,9-12,16H,7-8,13-14H2,1-3H3,(H2,25,26). The number of fused-ring (bicyclic) bond motifs is 1. The van der Waals surface area contributed by atoms with Crippen LogP contribution in [-0.4, -0.2) is 43.6 Å². The van der Waals surface area contributed by atoms with Gasteiger partial charge in [0.1, 0.15) is 11.6 Å². The van der Waals surface area contributed by atoms with Crippen molar-refractivity contribution >= 4 is 22.3 Å². The molecule has 2 aromatic carbocycles. The Morgan fingerprint density at radius 1 is 1.25 bits per heavy atom. The summed E-state index contributed by atoms with van der Waals surface area (Å²) in [7, 11) is 4.23. The molecule has 146 valence electrons. The zero-order valence-corrected chi connectivity index (χ0v) is 16.7. The summed E-state index contributed by atoms with van der Waals surface area (Å²) in [6.07, 6.45) is 2.95. The Bertz CT molecular complexity index is 995. The fourth-order valence-electron chi connectivity index (χ4n) is 4.37. The van der Waals surface area contributed by atoms with Gasteiger partial charge in [0, 0.05) is 47.9 Å². The number of rotatable bonds is 4. The maximum Gasteiger partial charge on any atom is 0.131 e. The van der Waals surface area contributed by atoms with Gasteiger partial charge in [0.2, 0.25) is 0 Å². The number of nitrogens with zero attached hydrogens (tertiary/aromatic N) is 3. The van der Waals surface area contributed by atoms with Gasteiger partial charge in [-0.25, -0.2) is 9.37 Å². The molecule has 5 heteroatoms. The van der Waals surface area contributed by atoms with Crippen LogP contribution in [0.15, 0.2) is 42.6 Å². The third kappa shape index (κ3) is 3.54. The lowest BCUT2D eigenvalue weighted by atomic mass is 9.96. The van der Waals surface area contributed by atoms with Crippen LogP contribution in [0.4, 0.5) is 15.9 Å². The molecule has 1 saturated heterocycles. The Labute approximate surface area is 165 Å². The molecule has 1 aliphatic rings. The van der Waals surface area contributed by atoms with Crippen molar-refractivity contribution < 1.29 is 4.39 Å². The predicted molar refractivity (Wildman–Crippen MR) is 115 cm³/mol. The maximum atomic E-state index is 14.7. The molecule has 1 fully saturated rings. The second-order valence-electron chi connectivity index (χ2n) is 8.12. The van der Waals surface area contributed by atoms with E-state index in [9.17, 15) is 4.39 Å². The molecule has 3 aromatic rings. The average molecular weight is 378 g/mol.